The first-order chi connectivity index (χ1) is 12.0. The number of hydrogen-bond acceptors (Lipinski definition) is 4. The van der Waals surface area contributed by atoms with Gasteiger partial charge in [-0.25, -0.2) is 4.79 Å². The van der Waals surface area contributed by atoms with Gasteiger partial charge in [0.2, 0.25) is 0 Å². The lowest BCUT2D eigenvalue weighted by atomic mass is 10.1. The van der Waals surface area contributed by atoms with Gasteiger partial charge >= 0.3 is 12.0 Å². The van der Waals surface area contributed by atoms with Crippen molar-refractivity contribution in [2.75, 3.05) is 27.3 Å². The van der Waals surface area contributed by atoms with E-state index in [1.165, 1.54) is 4.90 Å². The molecule has 136 valence electrons. The van der Waals surface area contributed by atoms with Crippen LogP contribution < -0.4 is 14.8 Å². The van der Waals surface area contributed by atoms with Crippen LogP contribution in [-0.2, 0) is 17.8 Å². The Bertz CT molecular complexity index is 659. The van der Waals surface area contributed by atoms with Gasteiger partial charge in [0.1, 0.15) is 0 Å². The molecular formula is C18H24N2O5. The third-order valence-corrected chi connectivity index (χ3v) is 4.25. The second kappa shape index (κ2) is 8.41. The summed E-state index contributed by atoms with van der Waals surface area (Å²) in [6.07, 6.45) is 2.88. The Morgan fingerprint density at radius 3 is 2.72 bits per heavy atom. The number of hydrogen-bond donors (Lipinski definition) is 2. The van der Waals surface area contributed by atoms with Gasteiger partial charge in [-0.1, -0.05) is 6.08 Å². The van der Waals surface area contributed by atoms with Crippen molar-refractivity contribution in [1.82, 2.24) is 10.2 Å². The number of ether oxygens (including phenoxy) is 2. The van der Waals surface area contributed by atoms with Crippen molar-refractivity contribution in [1.29, 1.82) is 0 Å². The van der Waals surface area contributed by atoms with Crippen molar-refractivity contribution in [3.63, 3.8) is 0 Å². The van der Waals surface area contributed by atoms with E-state index in [2.05, 4.69) is 11.9 Å². The molecule has 7 heteroatoms. The molecule has 2 amide bonds. The number of nitrogens with one attached hydrogen (secondary N) is 1. The average Bonchev–Trinajstić information content (AvgIpc) is 3.10. The van der Waals surface area contributed by atoms with Crippen LogP contribution in [0.2, 0.25) is 0 Å². The van der Waals surface area contributed by atoms with Gasteiger partial charge in [-0.2, -0.15) is 0 Å². The quantitative estimate of drug-likeness (QED) is 0.736. The highest BCUT2D eigenvalue weighted by atomic mass is 16.5. The highest BCUT2D eigenvalue weighted by Gasteiger charge is 2.30. The largest absolute Gasteiger partial charge is 0.493 e. The van der Waals surface area contributed by atoms with E-state index in [0.717, 1.165) is 11.1 Å². The minimum absolute atomic E-state index is 0.245. The first-order valence-corrected chi connectivity index (χ1v) is 8.10. The van der Waals surface area contributed by atoms with Crippen molar-refractivity contribution in [2.45, 2.75) is 19.4 Å². The summed E-state index contributed by atoms with van der Waals surface area (Å²) in [7, 11) is 3.15. The summed E-state index contributed by atoms with van der Waals surface area (Å²) in [5, 5.41) is 11.8. The van der Waals surface area contributed by atoms with E-state index in [-0.39, 0.29) is 12.6 Å². The summed E-state index contributed by atoms with van der Waals surface area (Å²) in [6.45, 7) is 4.76. The first kappa shape index (κ1) is 18.6. The predicted octanol–water partition coefficient (Wildman–Crippen LogP) is 2.05. The third kappa shape index (κ3) is 4.43. The number of allylic oxidation sites excluding steroid dienone is 1. The zero-order valence-electron chi connectivity index (χ0n) is 14.6. The molecule has 1 saturated heterocycles. The summed E-state index contributed by atoms with van der Waals surface area (Å²) < 4.78 is 10.8. The SMILES string of the molecule is C=CCc1cc(CNC(=O)N2CCC(C(=O)O)C2)cc(OC)c1OC. The summed E-state index contributed by atoms with van der Waals surface area (Å²) in [4.78, 5) is 24.7. The number of carbonyl (C=O) groups is 2. The summed E-state index contributed by atoms with van der Waals surface area (Å²) in [5.74, 6) is -0.0881. The molecule has 0 saturated carbocycles. The number of benzene rings is 1. The molecule has 0 aliphatic carbocycles. The van der Waals surface area contributed by atoms with E-state index in [4.69, 9.17) is 14.6 Å². The Hall–Kier alpha value is -2.70. The number of rotatable bonds is 7. The van der Waals surface area contributed by atoms with Gasteiger partial charge in [-0.05, 0) is 30.5 Å². The van der Waals surface area contributed by atoms with Crippen LogP contribution in [0.3, 0.4) is 0 Å². The molecule has 1 heterocycles. The molecule has 1 aliphatic heterocycles. The van der Waals surface area contributed by atoms with E-state index in [1.54, 1.807) is 20.3 Å². The Labute approximate surface area is 147 Å². The van der Waals surface area contributed by atoms with Crippen LogP contribution >= 0.6 is 0 Å². The molecule has 1 aromatic carbocycles. The standard InChI is InChI=1S/C18H24N2O5/c1-4-5-13-8-12(9-15(24-2)16(13)25-3)10-19-18(23)20-7-6-14(11-20)17(21)22/h4,8-9,14H,1,5-7,10-11H2,2-3H3,(H,19,23)(H,21,22). The van der Waals surface area contributed by atoms with E-state index in [1.807, 2.05) is 12.1 Å². The lowest BCUT2D eigenvalue weighted by Gasteiger charge is -2.18. The number of nitrogens with zero attached hydrogens (tertiary/aromatic N) is 1. The minimum atomic E-state index is -0.857. The molecule has 2 rings (SSSR count). The van der Waals surface area contributed by atoms with Gasteiger partial charge in [0.25, 0.3) is 0 Å². The van der Waals surface area contributed by atoms with Gasteiger partial charge in [-0.15, -0.1) is 6.58 Å². The Morgan fingerprint density at radius 2 is 2.16 bits per heavy atom. The van der Waals surface area contributed by atoms with Crippen LogP contribution in [0.15, 0.2) is 24.8 Å². The van der Waals surface area contributed by atoms with E-state index < -0.39 is 11.9 Å². The van der Waals surface area contributed by atoms with E-state index >= 15 is 0 Å². The highest BCUT2D eigenvalue weighted by molar-refractivity contribution is 5.77. The molecule has 0 radical (unpaired) electrons. The zero-order valence-corrected chi connectivity index (χ0v) is 14.6. The minimum Gasteiger partial charge on any atom is -0.493 e. The maximum absolute atomic E-state index is 12.2. The predicted molar refractivity (Wildman–Crippen MR) is 93.0 cm³/mol. The van der Waals surface area contributed by atoms with Crippen LogP contribution in [0.4, 0.5) is 4.79 Å². The maximum Gasteiger partial charge on any atom is 0.317 e. The molecule has 1 fully saturated rings. The second-order valence-corrected chi connectivity index (χ2v) is 5.91. The average molecular weight is 348 g/mol. The van der Waals surface area contributed by atoms with Crippen molar-refractivity contribution >= 4 is 12.0 Å². The van der Waals surface area contributed by atoms with Gasteiger partial charge in [0.05, 0.1) is 20.1 Å². The Kier molecular flexibility index (Phi) is 6.27. The highest BCUT2D eigenvalue weighted by Crippen LogP contribution is 2.33. The fourth-order valence-corrected chi connectivity index (χ4v) is 2.95. The lowest BCUT2D eigenvalue weighted by molar-refractivity contribution is -0.141. The number of aliphatic carboxylic acids is 1. The van der Waals surface area contributed by atoms with Gasteiger partial charge < -0.3 is 24.8 Å². The lowest BCUT2D eigenvalue weighted by Crippen LogP contribution is -2.38. The third-order valence-electron chi connectivity index (χ3n) is 4.25. The number of carboxylic acid groups (broad SMARTS) is 1. The molecule has 7 nitrogen and oxygen atoms in total. The van der Waals surface area contributed by atoms with Gasteiger partial charge in [-0.3, -0.25) is 4.79 Å². The smallest absolute Gasteiger partial charge is 0.317 e. The number of likely N-dealkylation sites (tertiary alicyclic amines) is 1. The summed E-state index contributed by atoms with van der Waals surface area (Å²) in [6, 6.07) is 3.49. The summed E-state index contributed by atoms with van der Waals surface area (Å²) >= 11 is 0. The molecule has 0 spiro atoms. The monoisotopic (exact) mass is 348 g/mol. The summed E-state index contributed by atoms with van der Waals surface area (Å²) in [5.41, 5.74) is 1.80. The first-order valence-electron chi connectivity index (χ1n) is 8.10. The van der Waals surface area contributed by atoms with E-state index in [0.29, 0.717) is 37.4 Å². The van der Waals surface area contributed by atoms with Crippen molar-refractivity contribution in [2.24, 2.45) is 5.92 Å². The molecule has 1 atom stereocenters. The fourth-order valence-electron chi connectivity index (χ4n) is 2.95. The van der Waals surface area contributed by atoms with Gasteiger partial charge in [0.15, 0.2) is 11.5 Å². The maximum atomic E-state index is 12.2. The molecule has 0 bridgehead atoms. The number of carboxylic acids is 1. The fraction of sp³-hybridized carbons (Fsp3) is 0.444. The normalized spacial score (nSPS) is 16.4. The number of methoxy groups -OCH3 is 2. The number of urea groups is 1. The Balaban J connectivity index is 2.05. The molecule has 1 aliphatic rings. The molecule has 2 N–H and O–H groups in total. The van der Waals surface area contributed by atoms with Crippen molar-refractivity contribution in [3.05, 3.63) is 35.9 Å². The molecule has 25 heavy (non-hydrogen) atoms. The molecular weight excluding hydrogens is 324 g/mol. The number of amides is 2. The topological polar surface area (TPSA) is 88.1 Å². The van der Waals surface area contributed by atoms with Crippen LogP contribution in [0.25, 0.3) is 0 Å². The molecule has 1 unspecified atom stereocenters. The zero-order chi connectivity index (χ0) is 18.4. The van der Waals surface area contributed by atoms with Gasteiger partial charge in [0, 0.05) is 25.2 Å². The molecule has 0 aromatic heterocycles. The van der Waals surface area contributed by atoms with Crippen molar-refractivity contribution in [3.8, 4) is 11.5 Å². The second-order valence-electron chi connectivity index (χ2n) is 5.91. The van der Waals surface area contributed by atoms with Crippen LogP contribution in [0.1, 0.15) is 17.5 Å². The van der Waals surface area contributed by atoms with Crippen molar-refractivity contribution < 1.29 is 24.2 Å². The number of carbonyl (C=O) groups excluding carboxylic acids is 1. The van der Waals surface area contributed by atoms with Crippen LogP contribution in [0.5, 0.6) is 11.5 Å². The molecule has 1 aromatic rings. The van der Waals surface area contributed by atoms with Crippen LogP contribution in [0, 0.1) is 5.92 Å². The van der Waals surface area contributed by atoms with E-state index in [9.17, 15) is 9.59 Å². The van der Waals surface area contributed by atoms with Crippen LogP contribution in [-0.4, -0.2) is 49.3 Å². The Morgan fingerprint density at radius 1 is 1.40 bits per heavy atom.